The van der Waals surface area contributed by atoms with Crippen molar-refractivity contribution in [1.29, 1.82) is 0 Å². The summed E-state index contributed by atoms with van der Waals surface area (Å²) in [4.78, 5) is 29.4. The molecule has 0 spiro atoms. The van der Waals surface area contributed by atoms with E-state index in [1.807, 2.05) is 0 Å². The lowest BCUT2D eigenvalue weighted by atomic mass is 9.88. The van der Waals surface area contributed by atoms with Crippen LogP contribution in [0.5, 0.6) is 0 Å². The second-order valence-electron chi connectivity index (χ2n) is 11.1. The lowest BCUT2D eigenvalue weighted by molar-refractivity contribution is -0.137. The first-order valence-electron chi connectivity index (χ1n) is 14.3. The normalized spacial score (nSPS) is 22.3. The molecule has 2 amide bonds. The molecule has 2 fully saturated rings. The highest BCUT2D eigenvalue weighted by molar-refractivity contribution is 7.89. The second-order valence-corrected chi connectivity index (χ2v) is 14.4. The van der Waals surface area contributed by atoms with E-state index in [0.29, 0.717) is 35.9 Å². The van der Waals surface area contributed by atoms with E-state index in [9.17, 15) is 36.3 Å². The summed E-state index contributed by atoms with van der Waals surface area (Å²) in [6, 6.07) is 7.57. The fourth-order valence-electron chi connectivity index (χ4n) is 5.89. The van der Waals surface area contributed by atoms with E-state index >= 15 is 4.39 Å². The number of nitrogens with zero attached hydrogens (tertiary/aromatic N) is 2. The molecule has 46 heavy (non-hydrogen) atoms. The van der Waals surface area contributed by atoms with Gasteiger partial charge in [0.25, 0.3) is 0 Å². The van der Waals surface area contributed by atoms with Gasteiger partial charge in [0.2, 0.25) is 15.9 Å². The Hall–Kier alpha value is -3.31. The average molecular weight is 704 g/mol. The van der Waals surface area contributed by atoms with Gasteiger partial charge in [-0.2, -0.15) is 17.5 Å². The number of hydrogen-bond donors (Lipinski definition) is 4. The van der Waals surface area contributed by atoms with Gasteiger partial charge in [0, 0.05) is 46.8 Å². The van der Waals surface area contributed by atoms with Crippen LogP contribution in [0.3, 0.4) is 0 Å². The van der Waals surface area contributed by atoms with Crippen LogP contribution in [-0.2, 0) is 27.4 Å². The third-order valence-corrected chi connectivity index (χ3v) is 11.2. The average Bonchev–Trinajstić information content (AvgIpc) is 3.44. The first-order chi connectivity index (χ1) is 21.7. The van der Waals surface area contributed by atoms with Gasteiger partial charge in [0.15, 0.2) is 5.01 Å². The van der Waals surface area contributed by atoms with Gasteiger partial charge in [0.1, 0.15) is 11.9 Å². The Kier molecular flexibility index (Phi) is 10.2. The molecule has 1 aromatic heterocycles. The molecule has 0 radical (unpaired) electrons. The van der Waals surface area contributed by atoms with Crippen LogP contribution in [0.2, 0.25) is 5.02 Å². The molecule has 248 valence electrons. The molecule has 3 heterocycles. The quantitative estimate of drug-likeness (QED) is 0.229. The first kappa shape index (κ1) is 34.0. The number of rotatable bonds is 9. The predicted octanol–water partition coefficient (Wildman–Crippen LogP) is 5.06. The number of benzene rings is 2. The largest absolute Gasteiger partial charge is 0.465 e. The zero-order valence-electron chi connectivity index (χ0n) is 24.1. The van der Waals surface area contributed by atoms with Gasteiger partial charge in [-0.3, -0.25) is 4.79 Å². The van der Waals surface area contributed by atoms with Crippen LogP contribution in [0.4, 0.5) is 28.0 Å². The maximum atomic E-state index is 15.2. The van der Waals surface area contributed by atoms with Crippen molar-refractivity contribution in [3.63, 3.8) is 0 Å². The van der Waals surface area contributed by atoms with E-state index in [0.717, 1.165) is 11.8 Å². The molecular weight excluding hydrogens is 674 g/mol. The summed E-state index contributed by atoms with van der Waals surface area (Å²) in [6.45, 7) is 0.691. The van der Waals surface area contributed by atoms with Crippen LogP contribution >= 0.6 is 22.9 Å². The van der Waals surface area contributed by atoms with Crippen LogP contribution in [-0.4, -0.2) is 71.8 Å². The lowest BCUT2D eigenvalue weighted by Crippen LogP contribution is -2.57. The van der Waals surface area contributed by atoms with Gasteiger partial charge in [-0.15, -0.1) is 11.3 Å². The predicted molar refractivity (Wildman–Crippen MR) is 164 cm³/mol. The fraction of sp³-hybridized carbons (Fsp3) is 0.414. The molecule has 10 nitrogen and oxygen atoms in total. The Balaban J connectivity index is 1.44. The molecule has 0 aliphatic carbocycles. The minimum Gasteiger partial charge on any atom is -0.465 e. The summed E-state index contributed by atoms with van der Waals surface area (Å²) in [5.74, 6) is -2.96. The van der Waals surface area contributed by atoms with Gasteiger partial charge < -0.3 is 21.1 Å². The van der Waals surface area contributed by atoms with Crippen LogP contribution in [0.25, 0.3) is 0 Å². The van der Waals surface area contributed by atoms with Crippen LogP contribution in [0.15, 0.2) is 47.8 Å². The number of carbonyl (C=O) groups excluding carboxylic acids is 1. The van der Waals surface area contributed by atoms with Crippen molar-refractivity contribution in [1.82, 2.24) is 19.9 Å². The molecular formula is C29H30ClF4N5O5S2. The second kappa shape index (κ2) is 13.8. The topological polar surface area (TPSA) is 141 Å². The van der Waals surface area contributed by atoms with Crippen LogP contribution in [0, 0.1) is 5.82 Å². The fourth-order valence-corrected chi connectivity index (χ4v) is 8.55. The Morgan fingerprint density at radius 3 is 2.61 bits per heavy atom. The molecule has 17 heteroatoms. The van der Waals surface area contributed by atoms with Crippen molar-refractivity contribution < 1.29 is 40.7 Å². The number of amides is 2. The van der Waals surface area contributed by atoms with E-state index in [1.165, 1.54) is 46.8 Å². The molecule has 4 N–H and O–H groups in total. The number of carboxylic acid groups (broad SMARTS) is 1. The van der Waals surface area contributed by atoms with Gasteiger partial charge in [0.05, 0.1) is 17.4 Å². The van der Waals surface area contributed by atoms with Gasteiger partial charge >= 0.3 is 12.3 Å². The SMILES string of the molecule is O=C(O)N[C@H](C(=O)Nc1cccc(F)c1CC[C@H]1CN[C@@H]2CCCS(=O)(=O)N1C2)[C@@H](c1ccc(Cl)cc1)c1csc(C(F)(F)F)n1. The molecule has 0 saturated carbocycles. The molecule has 3 aromatic rings. The summed E-state index contributed by atoms with van der Waals surface area (Å²) < 4.78 is 82.9. The first-order valence-corrected chi connectivity index (χ1v) is 17.2. The van der Waals surface area contributed by atoms with E-state index in [-0.39, 0.29) is 47.1 Å². The van der Waals surface area contributed by atoms with Crippen LogP contribution < -0.4 is 16.0 Å². The molecule has 2 saturated heterocycles. The maximum Gasteiger partial charge on any atom is 0.443 e. The van der Waals surface area contributed by atoms with E-state index in [4.69, 9.17) is 11.6 Å². The van der Waals surface area contributed by atoms with E-state index in [2.05, 4.69) is 20.9 Å². The third kappa shape index (κ3) is 7.79. The number of alkyl halides is 3. The minimum absolute atomic E-state index is 0.00618. The molecule has 2 aliphatic heterocycles. The maximum absolute atomic E-state index is 15.2. The number of piperazine rings is 1. The Bertz CT molecular complexity index is 1690. The summed E-state index contributed by atoms with van der Waals surface area (Å²) in [5.41, 5.74) is 0.107. The number of sulfonamides is 1. The molecule has 2 bridgehead atoms. The zero-order valence-corrected chi connectivity index (χ0v) is 26.4. The number of carbonyl (C=O) groups is 2. The standard InChI is InChI=1S/C29H30ClF4N5O5S2/c30-17-8-6-16(7-9-17)24(23-15-45-27(37-23)29(32,33)34)25(38-28(41)42)26(40)36-22-5-1-4-21(31)20(22)11-10-19-13-35-18-3-2-12-46(43,44)39(19)14-18/h1,4-9,15,18-19,24-25,35,38H,2-3,10-14H2,(H,36,40)(H,41,42)/t18-,19+,24+,25+/m1/s1. The molecule has 2 aliphatic rings. The molecule has 1 unspecified atom stereocenters. The van der Waals surface area contributed by atoms with Crippen molar-refractivity contribution >= 4 is 50.6 Å². The van der Waals surface area contributed by atoms with Crippen molar-refractivity contribution in [2.45, 2.75) is 55.9 Å². The number of thiazole rings is 1. The van der Waals surface area contributed by atoms with Gasteiger partial charge in [-0.1, -0.05) is 29.8 Å². The minimum atomic E-state index is -4.77. The number of aromatic nitrogens is 1. The summed E-state index contributed by atoms with van der Waals surface area (Å²) in [7, 11) is -3.50. The smallest absolute Gasteiger partial charge is 0.443 e. The highest BCUT2D eigenvalue weighted by atomic mass is 35.5. The Labute approximate surface area is 271 Å². The number of nitrogens with one attached hydrogen (secondary N) is 3. The third-order valence-electron chi connectivity index (χ3n) is 8.07. The van der Waals surface area contributed by atoms with Crippen molar-refractivity contribution in [3.05, 3.63) is 80.5 Å². The summed E-state index contributed by atoms with van der Waals surface area (Å²) >= 11 is 6.30. The number of hydrogen-bond acceptors (Lipinski definition) is 7. The van der Waals surface area contributed by atoms with Crippen molar-refractivity contribution in [3.8, 4) is 0 Å². The molecule has 5 rings (SSSR count). The number of halogens is 5. The monoisotopic (exact) mass is 703 g/mol. The van der Waals surface area contributed by atoms with Gasteiger partial charge in [-0.05, 0) is 55.5 Å². The Morgan fingerprint density at radius 2 is 1.93 bits per heavy atom. The van der Waals surface area contributed by atoms with Crippen molar-refractivity contribution in [2.24, 2.45) is 0 Å². The van der Waals surface area contributed by atoms with E-state index < -0.39 is 57.0 Å². The number of fused-ring (bicyclic) bond motifs is 2. The molecule has 5 atom stereocenters. The molecule has 2 aromatic carbocycles. The van der Waals surface area contributed by atoms with Crippen molar-refractivity contribution in [2.75, 3.05) is 24.2 Å². The Morgan fingerprint density at radius 1 is 1.20 bits per heavy atom. The lowest BCUT2D eigenvalue weighted by Gasteiger charge is -2.37. The van der Waals surface area contributed by atoms with Crippen LogP contribution in [0.1, 0.15) is 47.0 Å². The number of anilines is 1. The zero-order chi connectivity index (χ0) is 33.2. The van der Waals surface area contributed by atoms with Gasteiger partial charge in [-0.25, -0.2) is 22.6 Å². The summed E-state index contributed by atoms with van der Waals surface area (Å²) in [6.07, 6.45) is -4.88. The summed E-state index contributed by atoms with van der Waals surface area (Å²) in [5, 5.41) is 17.9. The highest BCUT2D eigenvalue weighted by Gasteiger charge is 2.40. The highest BCUT2D eigenvalue weighted by Crippen LogP contribution is 2.37. The van der Waals surface area contributed by atoms with E-state index in [1.54, 1.807) is 0 Å².